The van der Waals surface area contributed by atoms with Crippen LogP contribution in [0.25, 0.3) is 0 Å². The zero-order valence-electron chi connectivity index (χ0n) is 11.7. The van der Waals surface area contributed by atoms with Crippen molar-refractivity contribution in [2.75, 3.05) is 0 Å². The van der Waals surface area contributed by atoms with Crippen molar-refractivity contribution < 1.29 is 0 Å². The fraction of sp³-hybridized carbons (Fsp3) is 0.333. The van der Waals surface area contributed by atoms with Gasteiger partial charge >= 0.3 is 0 Å². The van der Waals surface area contributed by atoms with Crippen LogP contribution in [-0.4, -0.2) is 0 Å². The molecular weight excluding hydrogens is 230 g/mol. The van der Waals surface area contributed by atoms with Crippen molar-refractivity contribution in [3.05, 3.63) is 69.8 Å². The Labute approximate surface area is 115 Å². The van der Waals surface area contributed by atoms with Gasteiger partial charge in [0.05, 0.1) is 6.04 Å². The molecule has 1 aliphatic carbocycles. The van der Waals surface area contributed by atoms with E-state index in [0.717, 1.165) is 0 Å². The topological polar surface area (TPSA) is 26.0 Å². The molecule has 0 bridgehead atoms. The van der Waals surface area contributed by atoms with Crippen LogP contribution in [0, 0.1) is 13.8 Å². The first-order valence-electron chi connectivity index (χ1n) is 7.10. The van der Waals surface area contributed by atoms with Crippen molar-refractivity contribution in [1.29, 1.82) is 0 Å². The number of hydrogen-bond acceptors (Lipinski definition) is 1. The standard InChI is InChI=1S/C18H21N/c1-12-5-3-6-13(2)17(12)18(19)16-10-9-14-7-4-8-15(14)11-16/h3,5-6,9-11,18H,4,7-8,19H2,1-2H3. The molecule has 0 saturated heterocycles. The summed E-state index contributed by atoms with van der Waals surface area (Å²) < 4.78 is 0. The molecule has 1 unspecified atom stereocenters. The van der Waals surface area contributed by atoms with E-state index in [0.29, 0.717) is 0 Å². The summed E-state index contributed by atoms with van der Waals surface area (Å²) in [6.45, 7) is 4.30. The van der Waals surface area contributed by atoms with Gasteiger partial charge in [0.25, 0.3) is 0 Å². The largest absolute Gasteiger partial charge is 0.320 e. The van der Waals surface area contributed by atoms with E-state index in [1.54, 1.807) is 0 Å². The van der Waals surface area contributed by atoms with Crippen LogP contribution in [0.3, 0.4) is 0 Å². The van der Waals surface area contributed by atoms with Crippen molar-refractivity contribution in [3.8, 4) is 0 Å². The van der Waals surface area contributed by atoms with Gasteiger partial charge in [0.1, 0.15) is 0 Å². The van der Waals surface area contributed by atoms with Crippen molar-refractivity contribution in [3.63, 3.8) is 0 Å². The summed E-state index contributed by atoms with van der Waals surface area (Å²) in [5.41, 5.74) is 14.6. The Hall–Kier alpha value is -1.60. The fourth-order valence-electron chi connectivity index (χ4n) is 3.27. The minimum absolute atomic E-state index is 0.00731. The molecule has 0 aromatic heterocycles. The highest BCUT2D eigenvalue weighted by molar-refractivity contribution is 5.44. The summed E-state index contributed by atoms with van der Waals surface area (Å²) in [7, 11) is 0. The lowest BCUT2D eigenvalue weighted by Gasteiger charge is -2.19. The molecule has 0 saturated carbocycles. The third kappa shape index (κ3) is 2.19. The van der Waals surface area contributed by atoms with E-state index < -0.39 is 0 Å². The zero-order valence-corrected chi connectivity index (χ0v) is 11.7. The summed E-state index contributed by atoms with van der Waals surface area (Å²) in [4.78, 5) is 0. The van der Waals surface area contributed by atoms with E-state index in [1.165, 1.54) is 52.6 Å². The molecule has 1 aliphatic rings. The van der Waals surface area contributed by atoms with Crippen LogP contribution in [-0.2, 0) is 12.8 Å². The first-order chi connectivity index (χ1) is 9.16. The summed E-state index contributed by atoms with van der Waals surface area (Å²) in [5, 5.41) is 0. The normalized spacial score (nSPS) is 15.3. The van der Waals surface area contributed by atoms with Gasteiger partial charge in [-0.25, -0.2) is 0 Å². The molecule has 2 N–H and O–H groups in total. The van der Waals surface area contributed by atoms with E-state index in [-0.39, 0.29) is 6.04 Å². The number of nitrogens with two attached hydrogens (primary N) is 1. The van der Waals surface area contributed by atoms with E-state index in [4.69, 9.17) is 5.73 Å². The molecule has 98 valence electrons. The quantitative estimate of drug-likeness (QED) is 0.862. The third-order valence-electron chi connectivity index (χ3n) is 4.33. The van der Waals surface area contributed by atoms with Crippen molar-refractivity contribution in [2.45, 2.75) is 39.2 Å². The van der Waals surface area contributed by atoms with E-state index in [9.17, 15) is 0 Å². The highest BCUT2D eigenvalue weighted by Crippen LogP contribution is 2.29. The molecule has 0 fully saturated rings. The summed E-state index contributed by atoms with van der Waals surface area (Å²) in [6.07, 6.45) is 3.73. The van der Waals surface area contributed by atoms with Crippen LogP contribution < -0.4 is 5.73 Å². The summed E-state index contributed by atoms with van der Waals surface area (Å²) in [5.74, 6) is 0. The second kappa shape index (κ2) is 4.82. The third-order valence-corrected chi connectivity index (χ3v) is 4.33. The molecular formula is C18H21N. The van der Waals surface area contributed by atoms with Crippen LogP contribution in [0.1, 0.15) is 45.8 Å². The van der Waals surface area contributed by atoms with Crippen LogP contribution in [0.5, 0.6) is 0 Å². The Morgan fingerprint density at radius 1 is 0.947 bits per heavy atom. The predicted molar refractivity (Wildman–Crippen MR) is 80.4 cm³/mol. The van der Waals surface area contributed by atoms with Gasteiger partial charge in [-0.1, -0.05) is 36.4 Å². The van der Waals surface area contributed by atoms with Gasteiger partial charge < -0.3 is 5.73 Å². The van der Waals surface area contributed by atoms with Crippen molar-refractivity contribution in [1.82, 2.24) is 0 Å². The molecule has 19 heavy (non-hydrogen) atoms. The Bertz CT molecular complexity index is 593. The van der Waals surface area contributed by atoms with Crippen LogP contribution >= 0.6 is 0 Å². The minimum Gasteiger partial charge on any atom is -0.320 e. The van der Waals surface area contributed by atoms with E-state index in [1.807, 2.05) is 0 Å². The van der Waals surface area contributed by atoms with Crippen molar-refractivity contribution in [2.24, 2.45) is 5.73 Å². The molecule has 0 radical (unpaired) electrons. The average molecular weight is 251 g/mol. The number of fused-ring (bicyclic) bond motifs is 1. The van der Waals surface area contributed by atoms with Crippen LogP contribution in [0.4, 0.5) is 0 Å². The van der Waals surface area contributed by atoms with Gasteiger partial charge in [-0.3, -0.25) is 0 Å². The highest BCUT2D eigenvalue weighted by Gasteiger charge is 2.17. The first-order valence-corrected chi connectivity index (χ1v) is 7.10. The Morgan fingerprint density at radius 2 is 1.63 bits per heavy atom. The Balaban J connectivity index is 2.02. The van der Waals surface area contributed by atoms with Gasteiger partial charge in [-0.15, -0.1) is 0 Å². The predicted octanol–water partition coefficient (Wildman–Crippen LogP) is 3.84. The smallest absolute Gasteiger partial charge is 0.0556 e. The maximum absolute atomic E-state index is 6.51. The molecule has 3 rings (SSSR count). The highest BCUT2D eigenvalue weighted by atomic mass is 14.6. The van der Waals surface area contributed by atoms with Gasteiger partial charge in [0, 0.05) is 0 Å². The first kappa shape index (κ1) is 12.4. The minimum atomic E-state index is -0.00731. The maximum Gasteiger partial charge on any atom is 0.0556 e. The van der Waals surface area contributed by atoms with Gasteiger partial charge in [-0.05, 0) is 66.5 Å². The van der Waals surface area contributed by atoms with E-state index in [2.05, 4.69) is 50.2 Å². The molecule has 0 spiro atoms. The molecule has 0 amide bonds. The molecule has 2 aromatic rings. The average Bonchev–Trinajstić information content (AvgIpc) is 2.85. The lowest BCUT2D eigenvalue weighted by atomic mass is 9.90. The Morgan fingerprint density at radius 3 is 2.37 bits per heavy atom. The lowest BCUT2D eigenvalue weighted by Crippen LogP contribution is -2.15. The summed E-state index contributed by atoms with van der Waals surface area (Å²) >= 11 is 0. The maximum atomic E-state index is 6.51. The monoisotopic (exact) mass is 251 g/mol. The molecule has 0 aliphatic heterocycles. The molecule has 0 heterocycles. The Kier molecular flexibility index (Phi) is 3.16. The molecule has 1 nitrogen and oxygen atoms in total. The molecule has 1 heteroatoms. The SMILES string of the molecule is Cc1cccc(C)c1C(N)c1ccc2c(c1)CCC2. The number of rotatable bonds is 2. The molecule has 2 aromatic carbocycles. The lowest BCUT2D eigenvalue weighted by molar-refractivity contribution is 0.848. The molecule has 1 atom stereocenters. The van der Waals surface area contributed by atoms with Gasteiger partial charge in [0.2, 0.25) is 0 Å². The zero-order chi connectivity index (χ0) is 13.4. The summed E-state index contributed by atoms with van der Waals surface area (Å²) in [6, 6.07) is 13.2. The van der Waals surface area contributed by atoms with Gasteiger partial charge in [0.15, 0.2) is 0 Å². The number of benzene rings is 2. The second-order valence-electron chi connectivity index (χ2n) is 5.66. The van der Waals surface area contributed by atoms with Crippen molar-refractivity contribution >= 4 is 0 Å². The van der Waals surface area contributed by atoms with Crippen LogP contribution in [0.15, 0.2) is 36.4 Å². The fourth-order valence-corrected chi connectivity index (χ4v) is 3.27. The van der Waals surface area contributed by atoms with Gasteiger partial charge in [-0.2, -0.15) is 0 Å². The second-order valence-corrected chi connectivity index (χ2v) is 5.66. The van der Waals surface area contributed by atoms with E-state index >= 15 is 0 Å². The number of hydrogen-bond donors (Lipinski definition) is 1. The number of aryl methyl sites for hydroxylation is 4. The van der Waals surface area contributed by atoms with Crippen LogP contribution in [0.2, 0.25) is 0 Å².